The van der Waals surface area contributed by atoms with E-state index in [1.54, 1.807) is 6.08 Å². The first-order chi connectivity index (χ1) is 10.3. The summed E-state index contributed by atoms with van der Waals surface area (Å²) in [6.07, 6.45) is 4.43. The van der Waals surface area contributed by atoms with Crippen LogP contribution >= 0.6 is 0 Å². The fourth-order valence-electron chi connectivity index (χ4n) is 2.65. The van der Waals surface area contributed by atoms with Crippen LogP contribution in [0.5, 0.6) is 0 Å². The zero-order valence-corrected chi connectivity index (χ0v) is 13.3. The van der Waals surface area contributed by atoms with Crippen molar-refractivity contribution < 1.29 is 14.7 Å². The molecule has 0 unspecified atom stereocenters. The van der Waals surface area contributed by atoms with Gasteiger partial charge in [-0.05, 0) is 36.0 Å². The van der Waals surface area contributed by atoms with Gasteiger partial charge in [0, 0.05) is 17.6 Å². The van der Waals surface area contributed by atoms with Gasteiger partial charge in [-0.15, -0.1) is 0 Å². The van der Waals surface area contributed by atoms with E-state index in [0.29, 0.717) is 18.5 Å². The standard InChI is InChI=1S/C18H23NO3/c1-18(2,3)12-8-10-13(11-9-12)19-16(20)14-6-4-5-7-15(14)17(21)22/h4-5,8-11,14-15H,6-7H2,1-3H3,(H,19,20)(H,21,22)/p-1/t14-,15+/m1/s1. The summed E-state index contributed by atoms with van der Waals surface area (Å²) in [6, 6.07) is 7.66. The largest absolute Gasteiger partial charge is 0.550 e. The zero-order valence-electron chi connectivity index (χ0n) is 13.3. The van der Waals surface area contributed by atoms with Crippen LogP contribution in [-0.4, -0.2) is 11.9 Å². The number of carbonyl (C=O) groups is 2. The van der Waals surface area contributed by atoms with Crippen molar-refractivity contribution in [3.05, 3.63) is 42.0 Å². The first kappa shape index (κ1) is 16.3. The number of allylic oxidation sites excluding steroid dienone is 2. The van der Waals surface area contributed by atoms with E-state index in [2.05, 4.69) is 26.1 Å². The Labute approximate surface area is 131 Å². The summed E-state index contributed by atoms with van der Waals surface area (Å²) in [6.45, 7) is 6.37. The van der Waals surface area contributed by atoms with Crippen molar-refractivity contribution in [1.82, 2.24) is 0 Å². The van der Waals surface area contributed by atoms with Crippen LogP contribution in [0, 0.1) is 11.8 Å². The van der Waals surface area contributed by atoms with E-state index in [-0.39, 0.29) is 11.3 Å². The summed E-state index contributed by atoms with van der Waals surface area (Å²) in [7, 11) is 0. The lowest BCUT2D eigenvalue weighted by atomic mass is 9.82. The molecule has 1 amide bonds. The molecule has 0 radical (unpaired) electrons. The molecule has 1 aromatic carbocycles. The van der Waals surface area contributed by atoms with Gasteiger partial charge in [0.2, 0.25) is 5.91 Å². The molecule has 0 aliphatic heterocycles. The van der Waals surface area contributed by atoms with Crippen LogP contribution in [-0.2, 0) is 15.0 Å². The molecular weight excluding hydrogens is 278 g/mol. The Morgan fingerprint density at radius 2 is 1.59 bits per heavy atom. The Morgan fingerprint density at radius 3 is 2.09 bits per heavy atom. The predicted octanol–water partition coefficient (Wildman–Crippen LogP) is 2.25. The van der Waals surface area contributed by atoms with Crippen LogP contribution in [0.3, 0.4) is 0 Å². The fraction of sp³-hybridized carbons (Fsp3) is 0.444. The highest BCUT2D eigenvalue weighted by atomic mass is 16.4. The van der Waals surface area contributed by atoms with Gasteiger partial charge in [-0.3, -0.25) is 4.79 Å². The lowest BCUT2D eigenvalue weighted by Crippen LogP contribution is -2.41. The molecule has 22 heavy (non-hydrogen) atoms. The monoisotopic (exact) mass is 300 g/mol. The molecule has 4 nitrogen and oxygen atoms in total. The molecule has 0 saturated carbocycles. The Bertz CT molecular complexity index is 581. The second-order valence-electron chi connectivity index (χ2n) is 6.79. The molecule has 0 aromatic heterocycles. The van der Waals surface area contributed by atoms with Gasteiger partial charge in [0.1, 0.15) is 0 Å². The van der Waals surface area contributed by atoms with Gasteiger partial charge in [0.15, 0.2) is 0 Å². The number of amides is 1. The average molecular weight is 300 g/mol. The second kappa shape index (κ2) is 6.34. The highest BCUT2D eigenvalue weighted by Crippen LogP contribution is 2.27. The number of nitrogens with one attached hydrogen (secondary N) is 1. The Kier molecular flexibility index (Phi) is 4.69. The van der Waals surface area contributed by atoms with E-state index in [9.17, 15) is 14.7 Å². The van der Waals surface area contributed by atoms with Gasteiger partial charge in [-0.25, -0.2) is 0 Å². The molecule has 1 aliphatic rings. The molecule has 2 rings (SSSR count). The zero-order chi connectivity index (χ0) is 16.3. The third kappa shape index (κ3) is 3.75. The second-order valence-corrected chi connectivity index (χ2v) is 6.79. The molecule has 0 heterocycles. The quantitative estimate of drug-likeness (QED) is 0.870. The SMILES string of the molecule is CC(C)(C)c1ccc(NC(=O)[C@@H]2CC=CC[C@@H]2C(=O)[O-])cc1. The van der Waals surface area contributed by atoms with Crippen LogP contribution in [0.4, 0.5) is 5.69 Å². The number of rotatable bonds is 3. The minimum absolute atomic E-state index is 0.0524. The number of hydrogen-bond donors (Lipinski definition) is 1. The topological polar surface area (TPSA) is 69.2 Å². The molecule has 1 aliphatic carbocycles. The summed E-state index contributed by atoms with van der Waals surface area (Å²) in [4.78, 5) is 23.5. The molecule has 0 fully saturated rings. The normalized spacial score (nSPS) is 21.4. The number of hydrogen-bond acceptors (Lipinski definition) is 3. The average Bonchev–Trinajstić information content (AvgIpc) is 2.46. The maximum Gasteiger partial charge on any atom is 0.228 e. The van der Waals surface area contributed by atoms with Gasteiger partial charge in [-0.1, -0.05) is 45.1 Å². The molecule has 4 heteroatoms. The molecule has 2 atom stereocenters. The number of carbonyl (C=O) groups excluding carboxylic acids is 2. The third-order valence-corrected chi connectivity index (χ3v) is 4.09. The van der Waals surface area contributed by atoms with Crippen molar-refractivity contribution in [2.75, 3.05) is 5.32 Å². The van der Waals surface area contributed by atoms with Crippen molar-refractivity contribution in [3.63, 3.8) is 0 Å². The molecule has 0 saturated heterocycles. The summed E-state index contributed by atoms with van der Waals surface area (Å²) in [5.74, 6) is -2.74. The van der Waals surface area contributed by atoms with E-state index in [4.69, 9.17) is 0 Å². The van der Waals surface area contributed by atoms with Crippen molar-refractivity contribution in [2.45, 2.75) is 39.0 Å². The van der Waals surface area contributed by atoms with E-state index in [1.807, 2.05) is 30.3 Å². The molecule has 1 N–H and O–H groups in total. The third-order valence-electron chi connectivity index (χ3n) is 4.09. The van der Waals surface area contributed by atoms with E-state index in [1.165, 1.54) is 5.56 Å². The maximum atomic E-state index is 12.3. The molecule has 118 valence electrons. The van der Waals surface area contributed by atoms with E-state index in [0.717, 1.165) is 0 Å². The molecule has 0 bridgehead atoms. The maximum absolute atomic E-state index is 12.3. The van der Waals surface area contributed by atoms with Gasteiger partial charge in [0.25, 0.3) is 0 Å². The number of carboxylic acids is 1. The van der Waals surface area contributed by atoms with Crippen LogP contribution in [0.2, 0.25) is 0 Å². The first-order valence-corrected chi connectivity index (χ1v) is 7.56. The van der Waals surface area contributed by atoms with Crippen LogP contribution in [0.25, 0.3) is 0 Å². The molecule has 0 spiro atoms. The van der Waals surface area contributed by atoms with Gasteiger partial charge in [0.05, 0.1) is 5.92 Å². The van der Waals surface area contributed by atoms with Crippen molar-refractivity contribution in [2.24, 2.45) is 11.8 Å². The van der Waals surface area contributed by atoms with E-state index < -0.39 is 17.8 Å². The molecular formula is C18H22NO3-. The number of aliphatic carboxylic acids is 1. The van der Waals surface area contributed by atoms with E-state index >= 15 is 0 Å². The van der Waals surface area contributed by atoms with Gasteiger partial charge < -0.3 is 15.2 Å². The van der Waals surface area contributed by atoms with Crippen molar-refractivity contribution >= 4 is 17.6 Å². The van der Waals surface area contributed by atoms with Crippen molar-refractivity contribution in [1.29, 1.82) is 0 Å². The van der Waals surface area contributed by atoms with Gasteiger partial charge >= 0.3 is 0 Å². The highest BCUT2D eigenvalue weighted by molar-refractivity contribution is 5.95. The minimum Gasteiger partial charge on any atom is -0.550 e. The summed E-state index contributed by atoms with van der Waals surface area (Å²) < 4.78 is 0. The fourth-order valence-corrected chi connectivity index (χ4v) is 2.65. The van der Waals surface area contributed by atoms with Crippen molar-refractivity contribution in [3.8, 4) is 0 Å². The first-order valence-electron chi connectivity index (χ1n) is 7.56. The molecule has 1 aromatic rings. The Morgan fingerprint density at radius 1 is 1.05 bits per heavy atom. The highest BCUT2D eigenvalue weighted by Gasteiger charge is 2.29. The number of carboxylic acid groups (broad SMARTS) is 1. The van der Waals surface area contributed by atoms with Gasteiger partial charge in [-0.2, -0.15) is 0 Å². The van der Waals surface area contributed by atoms with Crippen LogP contribution in [0.1, 0.15) is 39.2 Å². The predicted molar refractivity (Wildman–Crippen MR) is 84.1 cm³/mol. The smallest absolute Gasteiger partial charge is 0.228 e. The summed E-state index contributed by atoms with van der Waals surface area (Å²) in [5, 5.41) is 14.0. The van der Waals surface area contributed by atoms with Crippen LogP contribution in [0.15, 0.2) is 36.4 Å². The Hall–Kier alpha value is -2.10. The lowest BCUT2D eigenvalue weighted by Gasteiger charge is -2.28. The van der Waals surface area contributed by atoms with Crippen LogP contribution < -0.4 is 10.4 Å². The summed E-state index contributed by atoms with van der Waals surface area (Å²) in [5.41, 5.74) is 1.92. The summed E-state index contributed by atoms with van der Waals surface area (Å²) >= 11 is 0. The number of benzene rings is 1. The minimum atomic E-state index is -1.16. The Balaban J connectivity index is 2.08. The lowest BCUT2D eigenvalue weighted by molar-refractivity contribution is -0.313. The number of anilines is 1.